The Bertz CT molecular complexity index is 1120. The minimum absolute atomic E-state index is 0.0989. The van der Waals surface area contributed by atoms with Crippen LogP contribution in [-0.4, -0.2) is 49.3 Å². The standard InChI is InChI=1S/C18H20N6O3S/c1-23-16(27)11-6-2-3-8-13(11)24-17(23)21-22-18(24)28-10-14(25)20-12-7-4-5-9-19-15(12)26/h2-3,6,8,12H,4-5,7,9-10H2,1H3,(H,19,26)(H,20,25). The van der Waals surface area contributed by atoms with Gasteiger partial charge in [-0.3, -0.25) is 23.4 Å². The summed E-state index contributed by atoms with van der Waals surface area (Å²) in [6, 6.07) is 6.73. The number of para-hydroxylation sites is 1. The molecule has 1 aromatic carbocycles. The molecule has 3 aromatic rings. The lowest BCUT2D eigenvalue weighted by Crippen LogP contribution is -2.46. The van der Waals surface area contributed by atoms with Crippen LogP contribution in [0.25, 0.3) is 16.7 Å². The number of benzene rings is 1. The molecule has 0 spiro atoms. The van der Waals surface area contributed by atoms with E-state index in [4.69, 9.17) is 0 Å². The van der Waals surface area contributed by atoms with Crippen LogP contribution in [0.2, 0.25) is 0 Å². The van der Waals surface area contributed by atoms with Gasteiger partial charge in [-0.1, -0.05) is 23.9 Å². The van der Waals surface area contributed by atoms with Crippen LogP contribution in [0.5, 0.6) is 0 Å². The molecule has 0 bridgehead atoms. The minimum atomic E-state index is -0.493. The summed E-state index contributed by atoms with van der Waals surface area (Å²) in [5.41, 5.74) is 0.542. The number of amides is 2. The second-order valence-electron chi connectivity index (χ2n) is 6.69. The topological polar surface area (TPSA) is 110 Å². The molecule has 4 rings (SSSR count). The zero-order valence-corrected chi connectivity index (χ0v) is 16.2. The number of aromatic nitrogens is 4. The van der Waals surface area contributed by atoms with Gasteiger partial charge in [-0.15, -0.1) is 10.2 Å². The number of nitrogens with one attached hydrogen (secondary N) is 2. The van der Waals surface area contributed by atoms with Crippen molar-refractivity contribution < 1.29 is 9.59 Å². The van der Waals surface area contributed by atoms with E-state index in [1.807, 2.05) is 12.1 Å². The molecule has 2 N–H and O–H groups in total. The number of rotatable bonds is 4. The summed E-state index contributed by atoms with van der Waals surface area (Å²) < 4.78 is 3.21. The van der Waals surface area contributed by atoms with Crippen molar-refractivity contribution in [2.45, 2.75) is 30.5 Å². The molecule has 0 aliphatic carbocycles. The van der Waals surface area contributed by atoms with Gasteiger partial charge in [0.15, 0.2) is 5.16 Å². The first-order valence-electron chi connectivity index (χ1n) is 9.09. The minimum Gasteiger partial charge on any atom is -0.354 e. The van der Waals surface area contributed by atoms with Crippen molar-refractivity contribution in [2.24, 2.45) is 7.05 Å². The average molecular weight is 400 g/mol. The molecule has 3 heterocycles. The molecule has 1 fully saturated rings. The third-order valence-electron chi connectivity index (χ3n) is 4.80. The molecule has 2 aromatic heterocycles. The van der Waals surface area contributed by atoms with Crippen LogP contribution in [0.3, 0.4) is 0 Å². The molecule has 10 heteroatoms. The van der Waals surface area contributed by atoms with Crippen molar-refractivity contribution in [1.82, 2.24) is 29.8 Å². The molecule has 1 saturated heterocycles. The zero-order chi connectivity index (χ0) is 19.7. The number of nitrogens with zero attached hydrogens (tertiary/aromatic N) is 4. The molecule has 0 radical (unpaired) electrons. The van der Waals surface area contributed by atoms with Crippen LogP contribution in [0.4, 0.5) is 0 Å². The number of aryl methyl sites for hydroxylation is 1. The normalized spacial score (nSPS) is 17.5. The number of carbonyl (C=O) groups excluding carboxylic acids is 2. The Kier molecular flexibility index (Phi) is 5.03. The lowest BCUT2D eigenvalue weighted by atomic mass is 10.1. The molecule has 1 aliphatic rings. The van der Waals surface area contributed by atoms with Crippen LogP contribution < -0.4 is 16.2 Å². The molecule has 1 aliphatic heterocycles. The first-order chi connectivity index (χ1) is 13.6. The molecule has 1 unspecified atom stereocenters. The Morgan fingerprint density at radius 1 is 1.29 bits per heavy atom. The largest absolute Gasteiger partial charge is 0.354 e. The summed E-state index contributed by atoms with van der Waals surface area (Å²) >= 11 is 1.22. The monoisotopic (exact) mass is 400 g/mol. The highest BCUT2D eigenvalue weighted by Crippen LogP contribution is 2.21. The van der Waals surface area contributed by atoms with Gasteiger partial charge >= 0.3 is 0 Å². The molecule has 1 atom stereocenters. The van der Waals surface area contributed by atoms with Gasteiger partial charge in [0.05, 0.1) is 16.7 Å². The predicted octanol–water partition coefficient (Wildman–Crippen LogP) is 0.458. The highest BCUT2D eigenvalue weighted by molar-refractivity contribution is 7.99. The lowest BCUT2D eigenvalue weighted by Gasteiger charge is -2.14. The molecule has 9 nitrogen and oxygen atoms in total. The van der Waals surface area contributed by atoms with E-state index in [1.54, 1.807) is 23.6 Å². The van der Waals surface area contributed by atoms with Gasteiger partial charge in [-0.2, -0.15) is 0 Å². The van der Waals surface area contributed by atoms with E-state index >= 15 is 0 Å². The van der Waals surface area contributed by atoms with Crippen molar-refractivity contribution in [3.63, 3.8) is 0 Å². The molecule has 28 heavy (non-hydrogen) atoms. The van der Waals surface area contributed by atoms with E-state index in [0.29, 0.717) is 34.8 Å². The summed E-state index contributed by atoms with van der Waals surface area (Å²) in [6.45, 7) is 0.650. The fourth-order valence-corrected chi connectivity index (χ4v) is 4.10. The van der Waals surface area contributed by atoms with Crippen LogP contribution in [-0.2, 0) is 16.6 Å². The van der Waals surface area contributed by atoms with Crippen LogP contribution in [0.15, 0.2) is 34.2 Å². The van der Waals surface area contributed by atoms with Crippen molar-refractivity contribution in [3.8, 4) is 0 Å². The smallest absolute Gasteiger partial charge is 0.262 e. The second-order valence-corrected chi connectivity index (χ2v) is 7.64. The van der Waals surface area contributed by atoms with Crippen molar-refractivity contribution in [3.05, 3.63) is 34.6 Å². The molecule has 0 saturated carbocycles. The summed E-state index contributed by atoms with van der Waals surface area (Å²) in [4.78, 5) is 36.8. The zero-order valence-electron chi connectivity index (χ0n) is 15.3. The number of hydrogen-bond acceptors (Lipinski definition) is 6. The second kappa shape index (κ2) is 7.63. The van der Waals surface area contributed by atoms with Crippen LogP contribution in [0, 0.1) is 0 Å². The average Bonchev–Trinajstić information content (AvgIpc) is 3.03. The predicted molar refractivity (Wildman–Crippen MR) is 105 cm³/mol. The highest BCUT2D eigenvalue weighted by Gasteiger charge is 2.23. The van der Waals surface area contributed by atoms with Gasteiger partial charge in [0.25, 0.3) is 5.56 Å². The molecular weight excluding hydrogens is 380 g/mol. The van der Waals surface area contributed by atoms with Crippen LogP contribution >= 0.6 is 11.8 Å². The van der Waals surface area contributed by atoms with E-state index < -0.39 is 6.04 Å². The lowest BCUT2D eigenvalue weighted by molar-refractivity contribution is -0.127. The van der Waals surface area contributed by atoms with E-state index in [2.05, 4.69) is 20.8 Å². The molecular formula is C18H20N6O3S. The summed E-state index contributed by atoms with van der Waals surface area (Å²) in [5.74, 6) is 0.138. The van der Waals surface area contributed by atoms with Gasteiger partial charge in [0.1, 0.15) is 6.04 Å². The fourth-order valence-electron chi connectivity index (χ4n) is 3.35. The van der Waals surface area contributed by atoms with Crippen molar-refractivity contribution >= 4 is 40.3 Å². The van der Waals surface area contributed by atoms with Gasteiger partial charge < -0.3 is 10.6 Å². The van der Waals surface area contributed by atoms with E-state index in [9.17, 15) is 14.4 Å². The van der Waals surface area contributed by atoms with Gasteiger partial charge in [-0.05, 0) is 31.4 Å². The maximum Gasteiger partial charge on any atom is 0.262 e. The highest BCUT2D eigenvalue weighted by atomic mass is 32.2. The molecule has 2 amide bonds. The van der Waals surface area contributed by atoms with Crippen molar-refractivity contribution in [2.75, 3.05) is 12.3 Å². The SMILES string of the molecule is Cn1c(=O)c2ccccc2n2c(SCC(=O)NC3CCCCNC3=O)nnc12. The summed E-state index contributed by atoms with van der Waals surface area (Å²) in [7, 11) is 1.64. The third kappa shape index (κ3) is 3.35. The van der Waals surface area contributed by atoms with Crippen molar-refractivity contribution in [1.29, 1.82) is 0 Å². The Labute approximate surface area is 164 Å². The van der Waals surface area contributed by atoms with Gasteiger partial charge in [-0.25, -0.2) is 0 Å². The Morgan fingerprint density at radius 2 is 2.11 bits per heavy atom. The fraction of sp³-hybridized carbons (Fsp3) is 0.389. The van der Waals surface area contributed by atoms with Gasteiger partial charge in [0.2, 0.25) is 17.6 Å². The Balaban J connectivity index is 1.56. The quantitative estimate of drug-likeness (QED) is 0.616. The maximum absolute atomic E-state index is 12.5. The number of thioether (sulfide) groups is 1. The first-order valence-corrected chi connectivity index (χ1v) is 10.1. The Morgan fingerprint density at radius 3 is 2.96 bits per heavy atom. The maximum atomic E-state index is 12.5. The summed E-state index contributed by atoms with van der Waals surface area (Å²) in [5, 5.41) is 14.9. The number of hydrogen-bond donors (Lipinski definition) is 2. The summed E-state index contributed by atoms with van der Waals surface area (Å²) in [6.07, 6.45) is 2.46. The van der Waals surface area contributed by atoms with E-state index in [-0.39, 0.29) is 23.1 Å². The number of fused-ring (bicyclic) bond motifs is 3. The molecule has 146 valence electrons. The first kappa shape index (κ1) is 18.5. The third-order valence-corrected chi connectivity index (χ3v) is 5.73. The van der Waals surface area contributed by atoms with E-state index in [0.717, 1.165) is 12.8 Å². The van der Waals surface area contributed by atoms with Crippen LogP contribution in [0.1, 0.15) is 19.3 Å². The Hall–Kier alpha value is -2.88. The van der Waals surface area contributed by atoms with E-state index in [1.165, 1.54) is 16.3 Å². The number of carbonyl (C=O) groups is 2. The van der Waals surface area contributed by atoms with Gasteiger partial charge in [0, 0.05) is 13.6 Å².